The number of carboxylic acids is 1. The van der Waals surface area contributed by atoms with E-state index in [1.807, 2.05) is 58.9 Å². The minimum atomic E-state index is -3.26. The van der Waals surface area contributed by atoms with Crippen LogP contribution in [0.1, 0.15) is 0 Å². The van der Waals surface area contributed by atoms with Gasteiger partial charge < -0.3 is 22.2 Å². The van der Waals surface area contributed by atoms with Gasteiger partial charge in [0, 0.05) is 12.2 Å². The van der Waals surface area contributed by atoms with Crippen LogP contribution in [0.2, 0.25) is 58.9 Å². The monoisotopic (exact) mass is 424 g/mol. The number of carboxylic acid groups (broad SMARTS) is 1. The molecule has 0 spiro atoms. The molecule has 146 valence electrons. The molecule has 1 N–H and O–H groups in total. The number of hydrogen-bond acceptors (Lipinski definition) is 6. The summed E-state index contributed by atoms with van der Waals surface area (Å²) in [5.41, 5.74) is 0. The Hall–Kier alpha value is -0.572. The van der Waals surface area contributed by atoms with E-state index in [9.17, 15) is 9.59 Å². The van der Waals surface area contributed by atoms with Crippen LogP contribution in [0, 0.1) is 0 Å². The highest BCUT2D eigenvalue weighted by Crippen LogP contribution is 2.26. The van der Waals surface area contributed by atoms with Gasteiger partial charge in [-0.1, -0.05) is 0 Å². The molecular weight excluding hydrogens is 392 g/mol. The molecule has 0 aliphatic heterocycles. The standard InChI is InChI=1S/C14H32O7Si4/c1-22(2,3)19-25(20-23(4,5)6,21-24(7,8)9)12-18-14(17)11-10-13(15)16/h10-11H,12H2,1-9H3,(H,15,16)/b11-10+. The van der Waals surface area contributed by atoms with Gasteiger partial charge in [-0.2, -0.15) is 0 Å². The van der Waals surface area contributed by atoms with Crippen molar-refractivity contribution in [3.63, 3.8) is 0 Å². The third kappa shape index (κ3) is 13.3. The molecule has 0 amide bonds. The lowest BCUT2D eigenvalue weighted by molar-refractivity contribution is -0.138. The predicted octanol–water partition coefficient (Wildman–Crippen LogP) is 3.20. The molecule has 25 heavy (non-hydrogen) atoms. The van der Waals surface area contributed by atoms with Crippen LogP contribution in [-0.2, 0) is 26.7 Å². The Balaban J connectivity index is 5.57. The number of rotatable bonds is 10. The summed E-state index contributed by atoms with van der Waals surface area (Å²) >= 11 is 0. The first-order valence-corrected chi connectivity index (χ1v) is 20.3. The molecule has 0 aromatic heterocycles. The van der Waals surface area contributed by atoms with Crippen LogP contribution in [0.3, 0.4) is 0 Å². The van der Waals surface area contributed by atoms with E-state index in [0.29, 0.717) is 0 Å². The average Bonchev–Trinajstić information content (AvgIpc) is 2.27. The van der Waals surface area contributed by atoms with Crippen LogP contribution in [0.5, 0.6) is 0 Å². The molecule has 0 aliphatic carbocycles. The number of hydrogen-bond donors (Lipinski definition) is 1. The molecule has 0 rings (SSSR count). The lowest BCUT2D eigenvalue weighted by atomic mass is 10.5. The SMILES string of the molecule is C[Si](C)(C)O[Si](COC(=O)/C=C/C(=O)O)(O[Si](C)(C)C)O[Si](C)(C)C. The Morgan fingerprint density at radius 2 is 1.12 bits per heavy atom. The van der Waals surface area contributed by atoms with Crippen LogP contribution in [-0.4, -0.2) is 57.0 Å². The van der Waals surface area contributed by atoms with Gasteiger partial charge in [0.1, 0.15) is 0 Å². The minimum absolute atomic E-state index is 0.116. The van der Waals surface area contributed by atoms with E-state index >= 15 is 0 Å². The first-order valence-electron chi connectivity index (χ1n) is 8.11. The largest absolute Gasteiger partial charge is 0.509 e. The Kier molecular flexibility index (Phi) is 8.68. The highest BCUT2D eigenvalue weighted by molar-refractivity contribution is 6.90. The van der Waals surface area contributed by atoms with Crippen LogP contribution in [0.15, 0.2) is 12.2 Å². The summed E-state index contributed by atoms with van der Waals surface area (Å²) in [6.45, 7) is 18.3. The quantitative estimate of drug-likeness (QED) is 0.327. The van der Waals surface area contributed by atoms with Gasteiger partial charge >= 0.3 is 20.7 Å². The van der Waals surface area contributed by atoms with E-state index in [2.05, 4.69) is 0 Å². The molecule has 11 heteroatoms. The maximum atomic E-state index is 11.8. The summed E-state index contributed by atoms with van der Waals surface area (Å²) in [4.78, 5) is 22.3. The van der Waals surface area contributed by atoms with Crippen molar-refractivity contribution in [3.8, 4) is 0 Å². The average molecular weight is 425 g/mol. The topological polar surface area (TPSA) is 91.3 Å². The second-order valence-electron chi connectivity index (χ2n) is 8.61. The van der Waals surface area contributed by atoms with E-state index in [1.54, 1.807) is 0 Å². The summed E-state index contributed by atoms with van der Waals surface area (Å²) in [5, 5.41) is 8.61. The highest BCUT2D eigenvalue weighted by atomic mass is 28.5. The molecule has 0 aromatic rings. The second kappa shape index (κ2) is 8.88. The molecular formula is C14H32O7Si4. The van der Waals surface area contributed by atoms with Gasteiger partial charge in [0.05, 0.1) is 0 Å². The summed E-state index contributed by atoms with van der Waals surface area (Å²) in [6.07, 6.45) is 1.50. The summed E-state index contributed by atoms with van der Waals surface area (Å²) in [6, 6.07) is 0. The maximum Gasteiger partial charge on any atom is 0.509 e. The first-order chi connectivity index (χ1) is 10.9. The zero-order valence-corrected chi connectivity index (χ0v) is 20.8. The summed E-state index contributed by atoms with van der Waals surface area (Å²) in [7, 11) is -9.40. The number of carbonyl (C=O) groups excluding carboxylic acids is 1. The van der Waals surface area contributed by atoms with Crippen LogP contribution in [0.25, 0.3) is 0 Å². The van der Waals surface area contributed by atoms with Crippen LogP contribution >= 0.6 is 0 Å². The Morgan fingerprint density at radius 1 is 0.760 bits per heavy atom. The summed E-state index contributed by atoms with van der Waals surface area (Å²) < 4.78 is 24.3. The van der Waals surface area contributed by atoms with Crippen molar-refractivity contribution in [2.24, 2.45) is 0 Å². The van der Waals surface area contributed by atoms with Crippen LogP contribution in [0.4, 0.5) is 0 Å². The third-order valence-corrected chi connectivity index (χ3v) is 13.7. The third-order valence-electron chi connectivity index (χ3n) is 2.14. The minimum Gasteiger partial charge on any atom is -0.478 e. The predicted molar refractivity (Wildman–Crippen MR) is 107 cm³/mol. The van der Waals surface area contributed by atoms with Gasteiger partial charge in [-0.05, 0) is 58.9 Å². The van der Waals surface area contributed by atoms with Gasteiger partial charge in [-0.3, -0.25) is 0 Å². The molecule has 0 unspecified atom stereocenters. The normalized spacial score (nSPS) is 14.0. The lowest BCUT2D eigenvalue weighted by Crippen LogP contribution is -2.63. The fraction of sp³-hybridized carbons (Fsp3) is 0.714. The number of aliphatic carboxylic acids is 1. The maximum absolute atomic E-state index is 11.8. The first kappa shape index (κ1) is 24.4. The zero-order chi connectivity index (χ0) is 20.1. The molecule has 0 aromatic carbocycles. The molecule has 0 radical (unpaired) electrons. The second-order valence-corrected chi connectivity index (χ2v) is 25.4. The van der Waals surface area contributed by atoms with Gasteiger partial charge in [0.15, 0.2) is 31.2 Å². The fourth-order valence-electron chi connectivity index (χ4n) is 1.90. The molecule has 0 aliphatic rings. The van der Waals surface area contributed by atoms with Gasteiger partial charge in [-0.15, -0.1) is 0 Å². The van der Waals surface area contributed by atoms with E-state index in [0.717, 1.165) is 12.2 Å². The van der Waals surface area contributed by atoms with Gasteiger partial charge in [0.2, 0.25) is 0 Å². The van der Waals surface area contributed by atoms with Crippen molar-refractivity contribution in [1.29, 1.82) is 0 Å². The molecule has 0 bridgehead atoms. The Labute approximate surface area is 155 Å². The number of esters is 1. The molecule has 0 atom stereocenters. The smallest absolute Gasteiger partial charge is 0.478 e. The van der Waals surface area contributed by atoms with Gasteiger partial charge in [0.25, 0.3) is 0 Å². The Morgan fingerprint density at radius 3 is 1.40 bits per heavy atom. The number of ether oxygens (including phenoxy) is 1. The molecule has 7 nitrogen and oxygen atoms in total. The van der Waals surface area contributed by atoms with Crippen molar-refractivity contribution in [1.82, 2.24) is 0 Å². The van der Waals surface area contributed by atoms with E-state index in [-0.39, 0.29) is 6.23 Å². The molecule has 0 saturated heterocycles. The fourth-order valence-corrected chi connectivity index (χ4v) is 15.7. The zero-order valence-electron chi connectivity index (χ0n) is 16.8. The van der Waals surface area contributed by atoms with E-state index in [4.69, 9.17) is 22.2 Å². The van der Waals surface area contributed by atoms with Crippen molar-refractivity contribution >= 4 is 45.7 Å². The van der Waals surface area contributed by atoms with E-state index < -0.39 is 45.7 Å². The van der Waals surface area contributed by atoms with Crippen molar-refractivity contribution in [2.75, 3.05) is 6.23 Å². The molecule has 0 heterocycles. The molecule has 0 saturated carbocycles. The van der Waals surface area contributed by atoms with Crippen molar-refractivity contribution in [3.05, 3.63) is 12.2 Å². The summed E-state index contributed by atoms with van der Waals surface area (Å²) in [5.74, 6) is -1.97. The number of carbonyl (C=O) groups is 2. The van der Waals surface area contributed by atoms with Gasteiger partial charge in [-0.25, -0.2) is 9.59 Å². The van der Waals surface area contributed by atoms with Crippen LogP contribution < -0.4 is 0 Å². The van der Waals surface area contributed by atoms with Crippen molar-refractivity contribution < 1.29 is 31.8 Å². The molecule has 0 fully saturated rings. The Bertz CT molecular complexity index is 460. The highest BCUT2D eigenvalue weighted by Gasteiger charge is 2.51. The van der Waals surface area contributed by atoms with Crippen molar-refractivity contribution in [2.45, 2.75) is 58.9 Å². The van der Waals surface area contributed by atoms with E-state index in [1.165, 1.54) is 0 Å². The lowest BCUT2D eigenvalue weighted by Gasteiger charge is -2.42.